The van der Waals surface area contributed by atoms with E-state index in [-0.39, 0.29) is 12.1 Å². The Balaban J connectivity index is 1.66. The molecule has 1 amide bonds. The van der Waals surface area contributed by atoms with Gasteiger partial charge in [0.05, 0.1) is 27.8 Å². The number of carbonyl (C=O) groups is 1. The van der Waals surface area contributed by atoms with Gasteiger partial charge in [-0.25, -0.2) is 19.4 Å². The maximum atomic E-state index is 13.2. The largest absolute Gasteiger partial charge is 0.341 e. The molecule has 30 heavy (non-hydrogen) atoms. The molecule has 0 aliphatic carbocycles. The molecule has 7 nitrogen and oxygen atoms in total. The Morgan fingerprint density at radius 1 is 1.13 bits per heavy atom. The Bertz CT molecular complexity index is 1360. The van der Waals surface area contributed by atoms with Crippen molar-refractivity contribution in [3.8, 4) is 11.3 Å². The molecular weight excluding hydrogens is 400 g/mol. The molecule has 0 unspecified atom stereocenters. The van der Waals surface area contributed by atoms with Crippen LogP contribution < -0.4 is 5.32 Å². The van der Waals surface area contributed by atoms with E-state index in [0.29, 0.717) is 21.6 Å². The first-order valence-corrected chi connectivity index (χ1v) is 9.81. The van der Waals surface area contributed by atoms with Crippen LogP contribution in [-0.2, 0) is 0 Å². The first-order valence-electron chi connectivity index (χ1n) is 9.43. The Morgan fingerprint density at radius 3 is 2.67 bits per heavy atom. The summed E-state index contributed by atoms with van der Waals surface area (Å²) in [6.07, 6.45) is 4.87. The smallest absolute Gasteiger partial charge is 0.330 e. The number of imidazole rings is 1. The van der Waals surface area contributed by atoms with Crippen LogP contribution in [-0.4, -0.2) is 30.8 Å². The summed E-state index contributed by atoms with van der Waals surface area (Å²) in [5.41, 5.74) is 4.42. The van der Waals surface area contributed by atoms with Crippen LogP contribution in [0, 0.1) is 0 Å². The Labute approximate surface area is 176 Å². The second-order valence-corrected chi connectivity index (χ2v) is 7.35. The summed E-state index contributed by atoms with van der Waals surface area (Å²) < 4.78 is 1.43. The fourth-order valence-corrected chi connectivity index (χ4v) is 3.92. The first-order chi connectivity index (χ1) is 14.6. The van der Waals surface area contributed by atoms with Gasteiger partial charge in [0.15, 0.2) is 0 Å². The number of amides is 1. The van der Waals surface area contributed by atoms with Crippen molar-refractivity contribution in [2.45, 2.75) is 13.0 Å². The van der Waals surface area contributed by atoms with Crippen LogP contribution in [0.25, 0.3) is 33.2 Å². The fraction of sp³-hybridized carbons (Fsp3) is 0.0909. The topological polar surface area (TPSA) is 88.5 Å². The number of hydrogen-bond donors (Lipinski definition) is 2. The Morgan fingerprint density at radius 2 is 1.90 bits per heavy atom. The van der Waals surface area contributed by atoms with Gasteiger partial charge in [0.2, 0.25) is 0 Å². The minimum Gasteiger partial charge on any atom is -0.330 e. The van der Waals surface area contributed by atoms with Crippen molar-refractivity contribution >= 4 is 39.6 Å². The third-order valence-corrected chi connectivity index (χ3v) is 5.46. The van der Waals surface area contributed by atoms with Crippen LogP contribution in [0.4, 0.5) is 4.79 Å². The van der Waals surface area contributed by atoms with Crippen LogP contribution in [0.2, 0.25) is 5.02 Å². The zero-order chi connectivity index (χ0) is 20.7. The van der Waals surface area contributed by atoms with Gasteiger partial charge < -0.3 is 5.32 Å². The Kier molecular flexibility index (Phi) is 4.44. The average Bonchev–Trinajstić information content (AvgIpc) is 3.40. The van der Waals surface area contributed by atoms with Crippen molar-refractivity contribution in [2.24, 2.45) is 0 Å². The molecule has 3 heterocycles. The molecule has 0 radical (unpaired) electrons. The van der Waals surface area contributed by atoms with E-state index in [2.05, 4.69) is 25.4 Å². The van der Waals surface area contributed by atoms with Crippen molar-refractivity contribution in [1.29, 1.82) is 0 Å². The standard InChI is InChI=1S/C22H17ClN6O/c1-13(14-5-3-2-4-6-14)27-22(30)29-21-16(11-17-20(18(21)23)26-12-25-17)19(28-29)15-7-9-24-10-8-15/h2-13,28H,1H3,(H,27,30)/t13-/m1/s1. The molecule has 0 saturated carbocycles. The Hall–Kier alpha value is -3.71. The van der Waals surface area contributed by atoms with E-state index in [4.69, 9.17) is 11.6 Å². The van der Waals surface area contributed by atoms with E-state index in [0.717, 1.165) is 22.2 Å². The molecular formula is C22H17ClN6O. The number of aromatic nitrogens is 5. The highest BCUT2D eigenvalue weighted by atomic mass is 35.5. The lowest BCUT2D eigenvalue weighted by Crippen LogP contribution is -2.31. The number of pyridine rings is 1. The molecule has 5 rings (SSSR count). The lowest BCUT2D eigenvalue weighted by atomic mass is 10.1. The molecule has 0 aliphatic heterocycles. The number of hydrogen-bond acceptors (Lipinski definition) is 4. The lowest BCUT2D eigenvalue weighted by Gasteiger charge is -2.15. The van der Waals surface area contributed by atoms with Crippen molar-refractivity contribution < 1.29 is 4.79 Å². The first kappa shape index (κ1) is 18.3. The molecule has 0 aliphatic rings. The number of nitrogens with zero attached hydrogens (tertiary/aromatic N) is 4. The highest BCUT2D eigenvalue weighted by Gasteiger charge is 2.22. The molecule has 0 fully saturated rings. The third-order valence-electron chi connectivity index (χ3n) is 5.11. The lowest BCUT2D eigenvalue weighted by molar-refractivity contribution is 0.237. The second-order valence-electron chi connectivity index (χ2n) is 6.97. The summed E-state index contributed by atoms with van der Waals surface area (Å²) in [6, 6.07) is 14.9. The van der Waals surface area contributed by atoms with Crippen molar-refractivity contribution in [3.05, 3.63) is 77.8 Å². The van der Waals surface area contributed by atoms with E-state index in [1.54, 1.807) is 12.4 Å². The predicted octanol–water partition coefficient (Wildman–Crippen LogP) is 4.95. The van der Waals surface area contributed by atoms with Crippen molar-refractivity contribution in [3.63, 3.8) is 0 Å². The third kappa shape index (κ3) is 3.00. The molecule has 1 atom stereocenters. The van der Waals surface area contributed by atoms with Crippen LogP contribution in [0.1, 0.15) is 18.5 Å². The summed E-state index contributed by atoms with van der Waals surface area (Å²) in [6.45, 7) is 1.94. The molecule has 0 saturated heterocycles. The zero-order valence-electron chi connectivity index (χ0n) is 16.0. The van der Waals surface area contributed by atoms with Gasteiger partial charge in [-0.1, -0.05) is 41.9 Å². The normalized spacial score (nSPS) is 12.3. The van der Waals surface area contributed by atoms with Gasteiger partial charge in [-0.15, -0.1) is 0 Å². The average molecular weight is 417 g/mol. The minimum absolute atomic E-state index is 0.185. The van der Waals surface area contributed by atoms with Crippen LogP contribution in [0.3, 0.4) is 0 Å². The van der Waals surface area contributed by atoms with Crippen molar-refractivity contribution in [1.82, 2.24) is 30.0 Å². The second kappa shape index (κ2) is 7.27. The number of H-pyrrole nitrogens is 1. The monoisotopic (exact) mass is 416 g/mol. The zero-order valence-corrected chi connectivity index (χ0v) is 16.8. The molecule has 5 aromatic rings. The fourth-order valence-electron chi connectivity index (χ4n) is 3.59. The predicted molar refractivity (Wildman–Crippen MR) is 116 cm³/mol. The number of carbonyl (C=O) groups excluding carboxylic acids is 1. The highest BCUT2D eigenvalue weighted by Crippen LogP contribution is 2.36. The van der Waals surface area contributed by atoms with E-state index >= 15 is 0 Å². The van der Waals surface area contributed by atoms with Gasteiger partial charge in [0, 0.05) is 23.3 Å². The van der Waals surface area contributed by atoms with Gasteiger partial charge in [-0.3, -0.25) is 10.1 Å². The number of halogens is 1. The quantitative estimate of drug-likeness (QED) is 0.435. The van der Waals surface area contributed by atoms with Crippen molar-refractivity contribution in [2.75, 3.05) is 0 Å². The number of fused-ring (bicyclic) bond motifs is 2. The van der Waals surface area contributed by atoms with Crippen LogP contribution in [0.15, 0.2) is 67.3 Å². The summed E-state index contributed by atoms with van der Waals surface area (Å²) in [4.78, 5) is 25.8. The van der Waals surface area contributed by atoms with Gasteiger partial charge in [-0.05, 0) is 30.7 Å². The van der Waals surface area contributed by atoms with E-state index < -0.39 is 0 Å². The molecule has 0 spiro atoms. The van der Waals surface area contributed by atoms with Gasteiger partial charge in [0.1, 0.15) is 11.8 Å². The number of aromatic amines is 1. The van der Waals surface area contributed by atoms with Gasteiger partial charge in [0.25, 0.3) is 0 Å². The van der Waals surface area contributed by atoms with E-state index in [1.807, 2.05) is 55.5 Å². The van der Waals surface area contributed by atoms with E-state index in [9.17, 15) is 4.79 Å². The number of nitrogens with one attached hydrogen (secondary N) is 2. The van der Waals surface area contributed by atoms with Crippen LogP contribution >= 0.6 is 11.6 Å². The summed E-state index contributed by atoms with van der Waals surface area (Å²) in [5.74, 6) is 0. The van der Waals surface area contributed by atoms with Gasteiger partial charge in [-0.2, -0.15) is 0 Å². The summed E-state index contributed by atoms with van der Waals surface area (Å²) in [5, 5.41) is 7.38. The number of rotatable bonds is 3. The summed E-state index contributed by atoms with van der Waals surface area (Å²) >= 11 is 6.68. The molecule has 2 N–H and O–H groups in total. The van der Waals surface area contributed by atoms with Crippen LogP contribution in [0.5, 0.6) is 0 Å². The molecule has 3 aromatic heterocycles. The maximum absolute atomic E-state index is 13.2. The molecule has 8 heteroatoms. The SMILES string of the molecule is C[C@@H](NC(=O)n1[nH]c(-c2ccncc2)c2cc3ncnc3c(Cl)c21)c1ccccc1. The summed E-state index contributed by atoms with van der Waals surface area (Å²) in [7, 11) is 0. The maximum Gasteiger partial charge on any atom is 0.341 e. The molecule has 0 bridgehead atoms. The molecule has 2 aromatic carbocycles. The number of benzene rings is 2. The van der Waals surface area contributed by atoms with E-state index in [1.165, 1.54) is 11.0 Å². The minimum atomic E-state index is -0.322. The highest BCUT2D eigenvalue weighted by molar-refractivity contribution is 6.40. The molecule has 148 valence electrons. The van der Waals surface area contributed by atoms with Gasteiger partial charge >= 0.3 is 6.03 Å².